The number of amides is 1. The van der Waals surface area contributed by atoms with Crippen molar-refractivity contribution < 1.29 is 9.59 Å². The quantitative estimate of drug-likeness (QED) is 0.820. The van der Waals surface area contributed by atoms with E-state index in [4.69, 9.17) is 0 Å². The normalized spacial score (nSPS) is 21.5. The number of rotatable bonds is 1. The smallest absolute Gasteiger partial charge is 0.235 e. The number of nitrogens with zero attached hydrogens (tertiary/aromatic N) is 1. The zero-order chi connectivity index (χ0) is 17.1. The average Bonchev–Trinajstić information content (AvgIpc) is 3.04. The van der Waals surface area contributed by atoms with Crippen LogP contribution in [-0.4, -0.2) is 16.7 Å². The van der Waals surface area contributed by atoms with Gasteiger partial charge in [0.1, 0.15) is 0 Å². The summed E-state index contributed by atoms with van der Waals surface area (Å²) >= 11 is 0. The number of carbonyl (C=O) groups excluding carboxylic acids is 2. The number of hydrogen-bond acceptors (Lipinski definition) is 3. The summed E-state index contributed by atoms with van der Waals surface area (Å²) in [6.45, 7) is 5.78. The van der Waals surface area contributed by atoms with Crippen LogP contribution in [0, 0.1) is 5.41 Å². The number of fused-ring (bicyclic) bond motifs is 3. The molecule has 1 aromatic carbocycles. The first kappa shape index (κ1) is 15.1. The molecule has 1 N–H and O–H groups in total. The number of aromatic nitrogens is 1. The molecule has 1 spiro atoms. The molecule has 1 aliphatic carbocycles. The second kappa shape index (κ2) is 4.76. The lowest BCUT2D eigenvalue weighted by atomic mass is 9.79. The Morgan fingerprint density at radius 3 is 2.67 bits per heavy atom. The van der Waals surface area contributed by atoms with E-state index < -0.39 is 10.8 Å². The highest BCUT2D eigenvalue weighted by molar-refractivity contribution is 6.07. The fourth-order valence-corrected chi connectivity index (χ4v) is 3.88. The van der Waals surface area contributed by atoms with Gasteiger partial charge in [-0.05, 0) is 41.7 Å². The minimum absolute atomic E-state index is 0.0328. The monoisotopic (exact) mass is 320 g/mol. The number of Topliss-reactive ketones (excluding diaryl/α,β-unsaturated/α-hetero) is 1. The maximum Gasteiger partial charge on any atom is 0.235 e. The van der Waals surface area contributed by atoms with Gasteiger partial charge in [-0.15, -0.1) is 0 Å². The van der Waals surface area contributed by atoms with Crippen molar-refractivity contribution in [1.29, 1.82) is 0 Å². The first-order chi connectivity index (χ1) is 11.3. The first-order valence-electron chi connectivity index (χ1n) is 8.24. The summed E-state index contributed by atoms with van der Waals surface area (Å²) in [5, 5.41) is 2.96. The van der Waals surface area contributed by atoms with E-state index in [0.717, 1.165) is 27.9 Å². The van der Waals surface area contributed by atoms with Gasteiger partial charge in [-0.1, -0.05) is 32.9 Å². The van der Waals surface area contributed by atoms with E-state index in [-0.39, 0.29) is 11.7 Å². The first-order valence-corrected chi connectivity index (χ1v) is 8.24. The van der Waals surface area contributed by atoms with Crippen LogP contribution in [0.2, 0.25) is 0 Å². The molecule has 2 heterocycles. The van der Waals surface area contributed by atoms with Crippen LogP contribution < -0.4 is 5.32 Å². The van der Waals surface area contributed by atoms with E-state index >= 15 is 0 Å². The molecule has 0 fully saturated rings. The van der Waals surface area contributed by atoms with E-state index in [2.05, 4.69) is 10.3 Å². The van der Waals surface area contributed by atoms with Crippen molar-refractivity contribution >= 4 is 17.4 Å². The summed E-state index contributed by atoms with van der Waals surface area (Å²) in [7, 11) is 0. The largest absolute Gasteiger partial charge is 0.324 e. The number of anilines is 1. The molecule has 1 atom stereocenters. The van der Waals surface area contributed by atoms with Crippen molar-refractivity contribution in [2.24, 2.45) is 5.41 Å². The molecule has 24 heavy (non-hydrogen) atoms. The molecule has 0 saturated carbocycles. The van der Waals surface area contributed by atoms with Gasteiger partial charge in [0.15, 0.2) is 5.78 Å². The summed E-state index contributed by atoms with van der Waals surface area (Å²) in [5.41, 5.74) is 3.85. The summed E-state index contributed by atoms with van der Waals surface area (Å²) in [4.78, 5) is 29.3. The highest BCUT2D eigenvalue weighted by Crippen LogP contribution is 2.47. The predicted octanol–water partition coefficient (Wildman–Crippen LogP) is 3.30. The standard InChI is InChI=1S/C20H20N2O2/c1-19(2,3)17(23)12-4-5-13-9-20(10-14(13)8-12)15-6-7-21-11-16(15)22-18(20)24/h4-8,11H,9-10H2,1-3H3,(H,22,24). The molecular formula is C20H20N2O2. The van der Waals surface area contributed by atoms with Crippen LogP contribution in [0.25, 0.3) is 0 Å². The summed E-state index contributed by atoms with van der Waals surface area (Å²) in [5.74, 6) is 0.164. The van der Waals surface area contributed by atoms with Gasteiger partial charge < -0.3 is 5.32 Å². The van der Waals surface area contributed by atoms with Crippen molar-refractivity contribution in [1.82, 2.24) is 4.98 Å². The van der Waals surface area contributed by atoms with Crippen LogP contribution >= 0.6 is 0 Å². The molecule has 0 bridgehead atoms. The third-order valence-corrected chi connectivity index (χ3v) is 5.15. The minimum Gasteiger partial charge on any atom is -0.324 e. The SMILES string of the molecule is CC(C)(C)C(=O)c1ccc2c(c1)CC1(C2)C(=O)Nc2cnccc21. The molecule has 1 aromatic heterocycles. The van der Waals surface area contributed by atoms with E-state index in [1.807, 2.05) is 45.0 Å². The molecular weight excluding hydrogens is 300 g/mol. The molecule has 0 radical (unpaired) electrons. The van der Waals surface area contributed by atoms with Gasteiger partial charge in [0.05, 0.1) is 17.3 Å². The Bertz CT molecular complexity index is 879. The molecule has 122 valence electrons. The number of benzene rings is 1. The third-order valence-electron chi connectivity index (χ3n) is 5.15. The Hall–Kier alpha value is -2.49. The highest BCUT2D eigenvalue weighted by Gasteiger charge is 2.50. The number of carbonyl (C=O) groups is 2. The third kappa shape index (κ3) is 2.02. The maximum atomic E-state index is 12.7. The Kier molecular flexibility index (Phi) is 2.99. The number of nitrogens with one attached hydrogen (secondary N) is 1. The van der Waals surface area contributed by atoms with E-state index in [1.54, 1.807) is 12.4 Å². The van der Waals surface area contributed by atoms with Crippen LogP contribution in [0.5, 0.6) is 0 Å². The van der Waals surface area contributed by atoms with Gasteiger partial charge in [0, 0.05) is 17.2 Å². The van der Waals surface area contributed by atoms with Crippen molar-refractivity contribution in [3.05, 3.63) is 58.9 Å². The number of pyridine rings is 1. The lowest BCUT2D eigenvalue weighted by Crippen LogP contribution is -2.35. The van der Waals surface area contributed by atoms with Crippen LogP contribution in [0.1, 0.15) is 47.8 Å². The predicted molar refractivity (Wildman–Crippen MR) is 92.2 cm³/mol. The molecule has 1 unspecified atom stereocenters. The number of ketones is 1. The molecule has 4 heteroatoms. The molecule has 0 saturated heterocycles. The van der Waals surface area contributed by atoms with Gasteiger partial charge in [0.25, 0.3) is 0 Å². The Labute approximate surface area is 141 Å². The molecule has 1 amide bonds. The Morgan fingerprint density at radius 1 is 1.17 bits per heavy atom. The highest BCUT2D eigenvalue weighted by atomic mass is 16.2. The van der Waals surface area contributed by atoms with Gasteiger partial charge in [0.2, 0.25) is 5.91 Å². The summed E-state index contributed by atoms with van der Waals surface area (Å²) in [6.07, 6.45) is 4.75. The fourth-order valence-electron chi connectivity index (χ4n) is 3.88. The number of hydrogen-bond donors (Lipinski definition) is 1. The van der Waals surface area contributed by atoms with E-state index in [1.165, 1.54) is 0 Å². The fraction of sp³-hybridized carbons (Fsp3) is 0.350. The zero-order valence-electron chi connectivity index (χ0n) is 14.1. The van der Waals surface area contributed by atoms with Gasteiger partial charge >= 0.3 is 0 Å². The van der Waals surface area contributed by atoms with Crippen molar-refractivity contribution in [2.45, 2.75) is 39.0 Å². The van der Waals surface area contributed by atoms with Crippen LogP contribution in [0.4, 0.5) is 5.69 Å². The Morgan fingerprint density at radius 2 is 1.92 bits per heavy atom. The van der Waals surface area contributed by atoms with Crippen molar-refractivity contribution in [2.75, 3.05) is 5.32 Å². The van der Waals surface area contributed by atoms with Crippen LogP contribution in [-0.2, 0) is 23.1 Å². The maximum absolute atomic E-state index is 12.7. The van der Waals surface area contributed by atoms with Crippen LogP contribution in [0.3, 0.4) is 0 Å². The molecule has 2 aliphatic rings. The van der Waals surface area contributed by atoms with Gasteiger partial charge in [-0.2, -0.15) is 0 Å². The molecule has 2 aromatic rings. The van der Waals surface area contributed by atoms with E-state index in [9.17, 15) is 9.59 Å². The second-order valence-corrected chi connectivity index (χ2v) is 7.87. The molecule has 4 nitrogen and oxygen atoms in total. The average molecular weight is 320 g/mol. The van der Waals surface area contributed by atoms with Crippen molar-refractivity contribution in [3.63, 3.8) is 0 Å². The lowest BCUT2D eigenvalue weighted by Gasteiger charge is -2.20. The second-order valence-electron chi connectivity index (χ2n) is 7.87. The molecule has 1 aliphatic heterocycles. The Balaban J connectivity index is 1.75. The lowest BCUT2D eigenvalue weighted by molar-refractivity contribution is -0.120. The van der Waals surface area contributed by atoms with Crippen molar-refractivity contribution in [3.8, 4) is 0 Å². The summed E-state index contributed by atoms with van der Waals surface area (Å²) < 4.78 is 0. The topological polar surface area (TPSA) is 59.1 Å². The van der Waals surface area contributed by atoms with E-state index in [0.29, 0.717) is 12.8 Å². The van der Waals surface area contributed by atoms with Gasteiger partial charge in [-0.3, -0.25) is 14.6 Å². The minimum atomic E-state index is -0.552. The molecule has 4 rings (SSSR count). The summed E-state index contributed by atoms with van der Waals surface area (Å²) in [6, 6.07) is 7.81. The van der Waals surface area contributed by atoms with Crippen LogP contribution in [0.15, 0.2) is 36.7 Å². The zero-order valence-corrected chi connectivity index (χ0v) is 14.1. The van der Waals surface area contributed by atoms with Gasteiger partial charge in [-0.25, -0.2) is 0 Å².